The van der Waals surface area contributed by atoms with Crippen LogP contribution in [0.15, 0.2) is 69.3 Å². The third kappa shape index (κ3) is 6.11. The molecule has 0 bridgehead atoms. The van der Waals surface area contributed by atoms with Gasteiger partial charge in [0.25, 0.3) is 0 Å². The number of carbonyl (C=O) groups is 1. The highest BCUT2D eigenvalue weighted by molar-refractivity contribution is 9.12. The standard InChI is InChI=1S/C23H24Br2N2O5/c1-2-31-22(30)19(26)10-15-9-18(24)21(32-17-6-4-16(28)5-7-17)23(25,12-15)11-14-3-8-20(29)27-13-14/h3-9,13,19,28H,2,10-12,26H2,1H3,(H,27,29)/t19-,23?/m0/s1. The molecule has 9 heteroatoms. The van der Waals surface area contributed by atoms with Crippen LogP contribution in [0.25, 0.3) is 0 Å². The Balaban J connectivity index is 1.93. The Morgan fingerprint density at radius 2 is 2.00 bits per heavy atom. The van der Waals surface area contributed by atoms with E-state index in [9.17, 15) is 14.7 Å². The number of esters is 1. The van der Waals surface area contributed by atoms with E-state index in [2.05, 4.69) is 36.8 Å². The number of phenols is 1. The number of nitrogens with one attached hydrogen (secondary N) is 1. The van der Waals surface area contributed by atoms with E-state index in [1.54, 1.807) is 43.5 Å². The van der Waals surface area contributed by atoms with E-state index >= 15 is 0 Å². The largest absolute Gasteiger partial charge is 0.508 e. The van der Waals surface area contributed by atoms with E-state index in [1.165, 1.54) is 6.07 Å². The minimum atomic E-state index is -0.772. The van der Waals surface area contributed by atoms with Gasteiger partial charge >= 0.3 is 5.97 Å². The fraction of sp³-hybridized carbons (Fsp3) is 0.304. The summed E-state index contributed by atoms with van der Waals surface area (Å²) in [6.07, 6.45) is 4.92. The second kappa shape index (κ2) is 10.5. The summed E-state index contributed by atoms with van der Waals surface area (Å²) in [5.41, 5.74) is 7.71. The van der Waals surface area contributed by atoms with Gasteiger partial charge in [-0.1, -0.05) is 27.6 Å². The maximum atomic E-state index is 12.0. The number of phenolic OH excluding ortho intramolecular Hbond substituents is 1. The molecule has 0 aliphatic heterocycles. The molecule has 1 heterocycles. The number of hydrogen-bond donors (Lipinski definition) is 3. The van der Waals surface area contributed by atoms with Crippen molar-refractivity contribution in [1.29, 1.82) is 0 Å². The van der Waals surface area contributed by atoms with E-state index in [1.807, 2.05) is 6.08 Å². The summed E-state index contributed by atoms with van der Waals surface area (Å²) in [6, 6.07) is 8.90. The van der Waals surface area contributed by atoms with Gasteiger partial charge in [-0.25, -0.2) is 0 Å². The lowest BCUT2D eigenvalue weighted by Crippen LogP contribution is -2.37. The number of rotatable bonds is 8. The van der Waals surface area contributed by atoms with Crippen LogP contribution in [0.2, 0.25) is 0 Å². The van der Waals surface area contributed by atoms with Crippen molar-refractivity contribution in [3.63, 3.8) is 0 Å². The molecule has 1 unspecified atom stereocenters. The van der Waals surface area contributed by atoms with Crippen molar-refractivity contribution in [3.05, 3.63) is 80.4 Å². The number of alkyl halides is 1. The number of aromatic amines is 1. The second-order valence-electron chi connectivity index (χ2n) is 7.52. The number of H-pyrrole nitrogens is 1. The molecule has 2 atom stereocenters. The smallest absolute Gasteiger partial charge is 0.323 e. The molecular formula is C23H24Br2N2O5. The molecule has 1 aromatic heterocycles. The molecule has 4 N–H and O–H groups in total. The summed E-state index contributed by atoms with van der Waals surface area (Å²) in [5, 5.41) is 9.56. The Kier molecular flexibility index (Phi) is 7.97. The zero-order chi connectivity index (χ0) is 23.3. The lowest BCUT2D eigenvalue weighted by molar-refractivity contribution is -0.144. The minimum absolute atomic E-state index is 0.141. The fourth-order valence-corrected chi connectivity index (χ4v) is 5.52. The highest BCUT2D eigenvalue weighted by Gasteiger charge is 2.40. The SMILES string of the molecule is CCOC(=O)[C@@H](N)CC1=CC(Br)=C(Oc2ccc(O)cc2)C(Br)(Cc2ccc(=O)[nH]c2)C1. The number of benzene rings is 1. The zero-order valence-electron chi connectivity index (χ0n) is 17.4. The Morgan fingerprint density at radius 1 is 1.28 bits per heavy atom. The van der Waals surface area contributed by atoms with Gasteiger partial charge < -0.3 is 25.3 Å². The topological polar surface area (TPSA) is 115 Å². The molecule has 1 aromatic carbocycles. The van der Waals surface area contributed by atoms with Gasteiger partial charge in [0.2, 0.25) is 5.56 Å². The maximum absolute atomic E-state index is 12.0. The molecule has 1 aliphatic carbocycles. The highest BCUT2D eigenvalue weighted by atomic mass is 79.9. The number of carbonyl (C=O) groups excluding carboxylic acids is 1. The second-order valence-corrected chi connectivity index (χ2v) is 9.89. The van der Waals surface area contributed by atoms with Crippen LogP contribution in [0.5, 0.6) is 11.5 Å². The van der Waals surface area contributed by atoms with Crippen LogP contribution < -0.4 is 16.0 Å². The van der Waals surface area contributed by atoms with Crippen LogP contribution in [0, 0.1) is 0 Å². The van der Waals surface area contributed by atoms with Crippen LogP contribution in [-0.2, 0) is 16.0 Å². The predicted molar refractivity (Wildman–Crippen MR) is 129 cm³/mol. The van der Waals surface area contributed by atoms with Crippen LogP contribution in [0.1, 0.15) is 25.3 Å². The van der Waals surface area contributed by atoms with E-state index in [0.717, 1.165) is 11.1 Å². The van der Waals surface area contributed by atoms with E-state index in [0.29, 0.717) is 35.3 Å². The van der Waals surface area contributed by atoms with Gasteiger partial charge in [-0.3, -0.25) is 9.59 Å². The first-order valence-corrected chi connectivity index (χ1v) is 11.6. The van der Waals surface area contributed by atoms with Gasteiger partial charge in [0.15, 0.2) is 0 Å². The average molecular weight is 568 g/mol. The Morgan fingerprint density at radius 3 is 2.62 bits per heavy atom. The first-order valence-electron chi connectivity index (χ1n) is 10.1. The van der Waals surface area contributed by atoms with Crippen LogP contribution >= 0.6 is 31.9 Å². The van der Waals surface area contributed by atoms with Gasteiger partial charge in [0.05, 0.1) is 15.4 Å². The molecule has 0 radical (unpaired) electrons. The molecule has 1 aliphatic rings. The predicted octanol–water partition coefficient (Wildman–Crippen LogP) is 4.05. The number of aromatic nitrogens is 1. The molecule has 32 heavy (non-hydrogen) atoms. The fourth-order valence-electron chi connectivity index (χ4n) is 3.49. The van der Waals surface area contributed by atoms with Gasteiger partial charge in [-0.15, -0.1) is 0 Å². The lowest BCUT2D eigenvalue weighted by atomic mass is 9.85. The molecule has 7 nitrogen and oxygen atoms in total. The highest BCUT2D eigenvalue weighted by Crippen LogP contribution is 2.46. The van der Waals surface area contributed by atoms with E-state index in [4.69, 9.17) is 15.2 Å². The molecule has 0 saturated carbocycles. The third-order valence-electron chi connectivity index (χ3n) is 4.92. The lowest BCUT2D eigenvalue weighted by Gasteiger charge is -2.35. The number of allylic oxidation sites excluding steroid dienone is 3. The summed E-state index contributed by atoms with van der Waals surface area (Å²) in [7, 11) is 0. The van der Waals surface area contributed by atoms with Gasteiger partial charge in [0.1, 0.15) is 23.3 Å². The first-order chi connectivity index (χ1) is 15.2. The summed E-state index contributed by atoms with van der Waals surface area (Å²) >= 11 is 7.49. The average Bonchev–Trinajstić information content (AvgIpc) is 2.74. The van der Waals surface area contributed by atoms with Crippen molar-refractivity contribution >= 4 is 37.8 Å². The van der Waals surface area contributed by atoms with Gasteiger partial charge in [-0.05, 0) is 78.0 Å². The molecule has 2 aromatic rings. The van der Waals surface area contributed by atoms with Crippen molar-refractivity contribution in [2.45, 2.75) is 36.6 Å². The molecule has 0 fully saturated rings. The molecule has 170 valence electrons. The van der Waals surface area contributed by atoms with Crippen LogP contribution in [0.3, 0.4) is 0 Å². The summed E-state index contributed by atoms with van der Waals surface area (Å²) in [5.74, 6) is 0.880. The van der Waals surface area contributed by atoms with Crippen molar-refractivity contribution < 1.29 is 19.4 Å². The quantitative estimate of drug-likeness (QED) is 0.327. The van der Waals surface area contributed by atoms with Gasteiger partial charge in [-0.2, -0.15) is 0 Å². The number of nitrogens with two attached hydrogens (primary N) is 1. The summed E-state index contributed by atoms with van der Waals surface area (Å²) in [6.45, 7) is 2.01. The van der Waals surface area contributed by atoms with Crippen LogP contribution in [-0.4, -0.2) is 33.0 Å². The maximum Gasteiger partial charge on any atom is 0.323 e. The van der Waals surface area contributed by atoms with Gasteiger partial charge in [0, 0.05) is 12.3 Å². The summed E-state index contributed by atoms with van der Waals surface area (Å²) < 4.78 is 11.3. The molecule has 0 amide bonds. The Bertz CT molecular complexity index is 1070. The number of pyridine rings is 1. The van der Waals surface area contributed by atoms with Crippen molar-refractivity contribution in [2.24, 2.45) is 5.73 Å². The van der Waals surface area contributed by atoms with Crippen molar-refractivity contribution in [1.82, 2.24) is 4.98 Å². The van der Waals surface area contributed by atoms with E-state index < -0.39 is 16.3 Å². The molecule has 3 rings (SSSR count). The minimum Gasteiger partial charge on any atom is -0.508 e. The van der Waals surface area contributed by atoms with Crippen molar-refractivity contribution in [2.75, 3.05) is 6.61 Å². The molecule has 0 saturated heterocycles. The van der Waals surface area contributed by atoms with Crippen molar-refractivity contribution in [3.8, 4) is 11.5 Å². The summed E-state index contributed by atoms with van der Waals surface area (Å²) in [4.78, 5) is 26.2. The molecule has 0 spiro atoms. The first kappa shape index (κ1) is 24.3. The number of ether oxygens (including phenoxy) is 2. The Labute approximate surface area is 202 Å². The number of halogens is 2. The third-order valence-corrected chi connectivity index (χ3v) is 6.43. The zero-order valence-corrected chi connectivity index (χ0v) is 20.6. The Hall–Kier alpha value is -2.36. The number of hydrogen-bond acceptors (Lipinski definition) is 6. The monoisotopic (exact) mass is 566 g/mol. The van der Waals surface area contributed by atoms with Crippen LogP contribution in [0.4, 0.5) is 0 Å². The van der Waals surface area contributed by atoms with E-state index in [-0.39, 0.29) is 17.9 Å². The number of aromatic hydroxyl groups is 1. The molecular weight excluding hydrogens is 544 g/mol. The normalized spacial score (nSPS) is 19.3.